The molecular formula is C24H30N8O3S. The zero-order valence-electron chi connectivity index (χ0n) is 20.7. The van der Waals surface area contributed by atoms with Crippen molar-refractivity contribution in [1.82, 2.24) is 34.5 Å². The number of fused-ring (bicyclic) bond motifs is 1. The summed E-state index contributed by atoms with van der Waals surface area (Å²) in [4.78, 5) is 43.7. The van der Waals surface area contributed by atoms with Crippen molar-refractivity contribution in [1.29, 1.82) is 0 Å². The lowest BCUT2D eigenvalue weighted by Gasteiger charge is -2.35. The van der Waals surface area contributed by atoms with E-state index in [0.29, 0.717) is 26.2 Å². The molecule has 0 saturated carbocycles. The van der Waals surface area contributed by atoms with E-state index >= 15 is 0 Å². The number of piperazine rings is 1. The average molecular weight is 511 g/mol. The van der Waals surface area contributed by atoms with Gasteiger partial charge in [-0.2, -0.15) is 5.10 Å². The molecule has 0 bridgehead atoms. The number of anilines is 1. The predicted octanol–water partition coefficient (Wildman–Crippen LogP) is 2.79. The minimum absolute atomic E-state index is 0.0174. The molecule has 3 aromatic heterocycles. The summed E-state index contributed by atoms with van der Waals surface area (Å²) < 4.78 is 7.11. The minimum Gasteiger partial charge on any atom is -0.444 e. The smallest absolute Gasteiger partial charge is 0.410 e. The number of ether oxygens (including phenoxy) is 1. The third-order valence-corrected chi connectivity index (χ3v) is 7.01. The summed E-state index contributed by atoms with van der Waals surface area (Å²) in [6, 6.07) is 1.98. The maximum absolute atomic E-state index is 12.9. The number of rotatable bonds is 4. The molecule has 2 amide bonds. The van der Waals surface area contributed by atoms with Gasteiger partial charge < -0.3 is 24.4 Å². The lowest BCUT2D eigenvalue weighted by atomic mass is 10.2. The zero-order valence-corrected chi connectivity index (χ0v) is 21.5. The van der Waals surface area contributed by atoms with E-state index in [1.165, 1.54) is 0 Å². The van der Waals surface area contributed by atoms with Crippen LogP contribution in [0.4, 0.5) is 10.6 Å². The molecule has 2 aliphatic heterocycles. The van der Waals surface area contributed by atoms with E-state index in [9.17, 15) is 9.59 Å². The molecule has 1 saturated heterocycles. The van der Waals surface area contributed by atoms with Gasteiger partial charge in [-0.3, -0.25) is 9.48 Å². The molecule has 5 heterocycles. The second-order valence-corrected chi connectivity index (χ2v) is 10.9. The summed E-state index contributed by atoms with van der Waals surface area (Å²) in [7, 11) is 0. The molecule has 12 heteroatoms. The van der Waals surface area contributed by atoms with E-state index in [1.807, 2.05) is 39.2 Å². The molecule has 0 aliphatic carbocycles. The van der Waals surface area contributed by atoms with Gasteiger partial charge in [-0.1, -0.05) is 0 Å². The summed E-state index contributed by atoms with van der Waals surface area (Å²) >= 11 is 1.76. The first kappa shape index (κ1) is 24.2. The number of aromatic nitrogens is 5. The molecule has 11 nitrogen and oxygen atoms in total. The highest BCUT2D eigenvalue weighted by Crippen LogP contribution is 2.34. The molecular weight excluding hydrogens is 480 g/mol. The van der Waals surface area contributed by atoms with Crippen molar-refractivity contribution in [2.24, 2.45) is 0 Å². The SMILES string of the molecule is CC(C)(C)OC(=O)N1CCN(C(=O)Cn2cc(C3=CN(c4ncnc5[nH]ccc45)CCS3)cn2)CC1. The highest BCUT2D eigenvalue weighted by molar-refractivity contribution is 8.08. The second-order valence-electron chi connectivity index (χ2n) is 9.75. The normalized spacial score (nSPS) is 16.9. The number of carbonyl (C=O) groups excluding carboxylic acids is 2. The number of thioether (sulfide) groups is 1. The van der Waals surface area contributed by atoms with E-state index in [-0.39, 0.29) is 18.5 Å². The number of hydrogen-bond donors (Lipinski definition) is 1. The van der Waals surface area contributed by atoms with Crippen LogP contribution in [0.3, 0.4) is 0 Å². The molecule has 0 radical (unpaired) electrons. The minimum atomic E-state index is -0.534. The number of hydrogen-bond acceptors (Lipinski definition) is 8. The monoisotopic (exact) mass is 510 g/mol. The Morgan fingerprint density at radius 1 is 1.11 bits per heavy atom. The molecule has 1 fully saturated rings. The Morgan fingerprint density at radius 3 is 2.67 bits per heavy atom. The quantitative estimate of drug-likeness (QED) is 0.570. The summed E-state index contributed by atoms with van der Waals surface area (Å²) in [5.74, 6) is 1.76. The summed E-state index contributed by atoms with van der Waals surface area (Å²) in [5, 5.41) is 5.41. The third kappa shape index (κ3) is 5.32. The van der Waals surface area contributed by atoms with Gasteiger partial charge in [-0.25, -0.2) is 14.8 Å². The van der Waals surface area contributed by atoms with Crippen LogP contribution in [-0.2, 0) is 16.1 Å². The van der Waals surface area contributed by atoms with Crippen LogP contribution in [-0.4, -0.2) is 90.6 Å². The van der Waals surface area contributed by atoms with Crippen molar-refractivity contribution in [2.45, 2.75) is 32.9 Å². The van der Waals surface area contributed by atoms with Crippen LogP contribution in [0.2, 0.25) is 0 Å². The van der Waals surface area contributed by atoms with Crippen molar-refractivity contribution < 1.29 is 14.3 Å². The highest BCUT2D eigenvalue weighted by Gasteiger charge is 2.28. The molecule has 1 N–H and O–H groups in total. The van der Waals surface area contributed by atoms with E-state index in [0.717, 1.165) is 39.6 Å². The highest BCUT2D eigenvalue weighted by atomic mass is 32.2. The van der Waals surface area contributed by atoms with Gasteiger partial charge in [-0.05, 0) is 26.8 Å². The van der Waals surface area contributed by atoms with E-state index in [1.54, 1.807) is 38.8 Å². The van der Waals surface area contributed by atoms with Crippen LogP contribution in [0.15, 0.2) is 37.2 Å². The topological polar surface area (TPSA) is 112 Å². The van der Waals surface area contributed by atoms with Gasteiger partial charge in [-0.15, -0.1) is 11.8 Å². The van der Waals surface area contributed by atoms with Crippen molar-refractivity contribution >= 4 is 45.5 Å². The summed E-state index contributed by atoms with van der Waals surface area (Å²) in [6.45, 7) is 8.42. The van der Waals surface area contributed by atoms with Gasteiger partial charge in [0.25, 0.3) is 0 Å². The molecule has 0 spiro atoms. The summed E-state index contributed by atoms with van der Waals surface area (Å²) in [5.41, 5.74) is 1.24. The molecule has 36 heavy (non-hydrogen) atoms. The fourth-order valence-electron chi connectivity index (χ4n) is 4.19. The molecule has 5 rings (SSSR count). The van der Waals surface area contributed by atoms with Gasteiger partial charge >= 0.3 is 6.09 Å². The third-order valence-electron chi connectivity index (χ3n) is 5.97. The Morgan fingerprint density at radius 2 is 1.89 bits per heavy atom. The van der Waals surface area contributed by atoms with Crippen molar-refractivity contribution in [3.63, 3.8) is 0 Å². The van der Waals surface area contributed by atoms with Gasteiger partial charge in [0.05, 0.1) is 11.6 Å². The standard InChI is InChI=1S/C24H30N8O3S/c1-24(2,3)35-23(34)30-8-6-29(7-9-30)20(33)15-32-13-17(12-28-32)19-14-31(10-11-36-19)22-18-4-5-25-21(18)26-16-27-22/h4-5,12-14,16H,6-11,15H2,1-3H3,(H,25,26,27). The second kappa shape index (κ2) is 9.84. The van der Waals surface area contributed by atoms with Gasteiger partial charge in [0.2, 0.25) is 5.91 Å². The lowest BCUT2D eigenvalue weighted by molar-refractivity contribution is -0.133. The Kier molecular flexibility index (Phi) is 6.61. The molecule has 190 valence electrons. The van der Waals surface area contributed by atoms with Crippen LogP contribution in [0.5, 0.6) is 0 Å². The Balaban J connectivity index is 1.20. The maximum Gasteiger partial charge on any atom is 0.410 e. The first-order chi connectivity index (χ1) is 17.3. The average Bonchev–Trinajstić information content (AvgIpc) is 3.53. The van der Waals surface area contributed by atoms with E-state index < -0.39 is 5.60 Å². The van der Waals surface area contributed by atoms with E-state index in [4.69, 9.17) is 4.74 Å². The molecule has 0 aromatic carbocycles. The van der Waals surface area contributed by atoms with Crippen molar-refractivity contribution in [3.8, 4) is 0 Å². The number of carbonyl (C=O) groups is 2. The van der Waals surface area contributed by atoms with Crippen molar-refractivity contribution in [3.05, 3.63) is 42.7 Å². The first-order valence-electron chi connectivity index (χ1n) is 11.9. The van der Waals surface area contributed by atoms with Crippen LogP contribution in [0, 0.1) is 0 Å². The van der Waals surface area contributed by atoms with E-state index in [2.05, 4.69) is 31.2 Å². The van der Waals surface area contributed by atoms with Gasteiger partial charge in [0.1, 0.15) is 29.9 Å². The first-order valence-corrected chi connectivity index (χ1v) is 12.9. The predicted molar refractivity (Wildman–Crippen MR) is 138 cm³/mol. The number of aromatic amines is 1. The number of nitrogens with zero attached hydrogens (tertiary/aromatic N) is 7. The molecule has 0 unspecified atom stereocenters. The number of amides is 2. The molecule has 0 atom stereocenters. The number of H-pyrrole nitrogens is 1. The maximum atomic E-state index is 12.9. The van der Waals surface area contributed by atoms with Crippen molar-refractivity contribution in [2.75, 3.05) is 43.4 Å². The lowest BCUT2D eigenvalue weighted by Crippen LogP contribution is -2.52. The van der Waals surface area contributed by atoms with Crippen LogP contribution < -0.4 is 4.90 Å². The number of nitrogens with one attached hydrogen (secondary N) is 1. The zero-order chi connectivity index (χ0) is 25.3. The Bertz CT molecular complexity index is 1290. The summed E-state index contributed by atoms with van der Waals surface area (Å²) in [6.07, 6.45) is 8.88. The van der Waals surface area contributed by atoms with Gasteiger partial charge in [0, 0.05) is 67.5 Å². The Hall–Kier alpha value is -3.54. The van der Waals surface area contributed by atoms with Crippen LogP contribution >= 0.6 is 11.8 Å². The van der Waals surface area contributed by atoms with Gasteiger partial charge in [0.15, 0.2) is 0 Å². The Labute approximate surface area is 213 Å². The van der Waals surface area contributed by atoms with Crippen LogP contribution in [0.25, 0.3) is 15.9 Å². The fourth-order valence-corrected chi connectivity index (χ4v) is 5.17. The molecule has 2 aliphatic rings. The fraction of sp³-hybridized carbons (Fsp3) is 0.458. The van der Waals surface area contributed by atoms with Crippen LogP contribution in [0.1, 0.15) is 26.3 Å². The molecule has 3 aromatic rings. The largest absolute Gasteiger partial charge is 0.444 e.